The third-order valence-corrected chi connectivity index (χ3v) is 5.34. The Morgan fingerprint density at radius 3 is 2.43 bits per heavy atom. The summed E-state index contributed by atoms with van der Waals surface area (Å²) in [6.07, 6.45) is 5.11. The van der Waals surface area contributed by atoms with Crippen molar-refractivity contribution in [3.05, 3.63) is 35.4 Å². The zero-order valence-corrected chi connectivity index (χ0v) is 13.2. The predicted molar refractivity (Wildman–Crippen MR) is 85.4 cm³/mol. The predicted octanol–water partition coefficient (Wildman–Crippen LogP) is 1.93. The van der Waals surface area contributed by atoms with Gasteiger partial charge in [-0.3, -0.25) is 19.4 Å². The normalized spacial score (nSPS) is 27.9. The Hall–Kier alpha value is -1.72. The van der Waals surface area contributed by atoms with Crippen molar-refractivity contribution in [3.8, 4) is 0 Å². The molecule has 0 N–H and O–H groups in total. The van der Waals surface area contributed by atoms with Crippen molar-refractivity contribution in [3.63, 3.8) is 0 Å². The fraction of sp³-hybridized carbons (Fsp3) is 0.556. The highest BCUT2D eigenvalue weighted by Gasteiger charge is 2.37. The Balaban J connectivity index is 1.43. The summed E-state index contributed by atoms with van der Waals surface area (Å²) in [4.78, 5) is 28.7. The van der Waals surface area contributed by atoms with E-state index in [2.05, 4.69) is 4.90 Å². The number of ether oxygens (including phenoxy) is 1. The summed E-state index contributed by atoms with van der Waals surface area (Å²) in [5.41, 5.74) is 1.07. The first kappa shape index (κ1) is 14.8. The number of hydrogen-bond acceptors (Lipinski definition) is 4. The fourth-order valence-corrected chi connectivity index (χ4v) is 4.12. The molecule has 1 saturated carbocycles. The molecule has 5 heteroatoms. The van der Waals surface area contributed by atoms with E-state index >= 15 is 0 Å². The zero-order chi connectivity index (χ0) is 15.8. The number of carbonyl (C=O) groups is 2. The van der Waals surface area contributed by atoms with Crippen LogP contribution >= 0.6 is 0 Å². The summed E-state index contributed by atoms with van der Waals surface area (Å²) < 4.78 is 5.89. The van der Waals surface area contributed by atoms with Gasteiger partial charge in [-0.1, -0.05) is 25.0 Å². The maximum Gasteiger partial charge on any atom is 0.261 e. The molecule has 2 heterocycles. The SMILES string of the molecule is O=C1c2ccccc2C(=O)N1CCN1CCO[C@@H]2CCCC[C@H]21. The van der Waals surface area contributed by atoms with Crippen molar-refractivity contribution in [2.75, 3.05) is 26.2 Å². The highest BCUT2D eigenvalue weighted by atomic mass is 16.5. The van der Waals surface area contributed by atoms with Crippen molar-refractivity contribution in [1.82, 2.24) is 9.80 Å². The molecule has 0 unspecified atom stereocenters. The van der Waals surface area contributed by atoms with E-state index in [9.17, 15) is 9.59 Å². The minimum atomic E-state index is -0.154. The number of carbonyl (C=O) groups excluding carboxylic acids is 2. The quantitative estimate of drug-likeness (QED) is 0.800. The van der Waals surface area contributed by atoms with Gasteiger partial charge < -0.3 is 4.74 Å². The monoisotopic (exact) mass is 314 g/mol. The van der Waals surface area contributed by atoms with Crippen LogP contribution in [-0.2, 0) is 4.74 Å². The topological polar surface area (TPSA) is 49.9 Å². The molecule has 122 valence electrons. The highest BCUT2D eigenvalue weighted by Crippen LogP contribution is 2.29. The number of fused-ring (bicyclic) bond motifs is 2. The minimum absolute atomic E-state index is 0.154. The Bertz CT molecular complexity index is 593. The van der Waals surface area contributed by atoms with Gasteiger partial charge in [0.2, 0.25) is 0 Å². The lowest BCUT2D eigenvalue weighted by Crippen LogP contribution is -2.54. The molecule has 0 spiro atoms. The maximum absolute atomic E-state index is 12.4. The van der Waals surface area contributed by atoms with Crippen molar-refractivity contribution in [1.29, 1.82) is 0 Å². The molecule has 0 aromatic heterocycles. The Labute approximate surface area is 136 Å². The number of nitrogens with zero attached hydrogens (tertiary/aromatic N) is 2. The first-order chi connectivity index (χ1) is 11.3. The van der Waals surface area contributed by atoms with Crippen LogP contribution in [0.1, 0.15) is 46.4 Å². The first-order valence-corrected chi connectivity index (χ1v) is 8.56. The molecule has 1 saturated heterocycles. The fourth-order valence-electron chi connectivity index (χ4n) is 4.12. The first-order valence-electron chi connectivity index (χ1n) is 8.56. The summed E-state index contributed by atoms with van der Waals surface area (Å²) in [5.74, 6) is -0.307. The van der Waals surface area contributed by atoms with Gasteiger partial charge in [0.05, 0.1) is 23.8 Å². The summed E-state index contributed by atoms with van der Waals surface area (Å²) in [6.45, 7) is 2.86. The molecule has 3 aliphatic rings. The minimum Gasteiger partial charge on any atom is -0.375 e. The molecule has 4 rings (SSSR count). The van der Waals surface area contributed by atoms with Crippen LogP contribution in [0.5, 0.6) is 0 Å². The average molecular weight is 314 g/mol. The summed E-state index contributed by atoms with van der Waals surface area (Å²) in [7, 11) is 0. The molecule has 2 aliphatic heterocycles. The number of imide groups is 1. The van der Waals surface area contributed by atoms with Crippen LogP contribution in [0.3, 0.4) is 0 Å². The molecule has 1 aromatic rings. The van der Waals surface area contributed by atoms with Crippen molar-refractivity contribution in [2.45, 2.75) is 37.8 Å². The van der Waals surface area contributed by atoms with E-state index in [1.165, 1.54) is 17.7 Å². The van der Waals surface area contributed by atoms with E-state index in [-0.39, 0.29) is 11.8 Å². The largest absolute Gasteiger partial charge is 0.375 e. The van der Waals surface area contributed by atoms with E-state index in [4.69, 9.17) is 4.74 Å². The second kappa shape index (κ2) is 6.06. The van der Waals surface area contributed by atoms with Gasteiger partial charge in [-0.05, 0) is 25.0 Å². The van der Waals surface area contributed by atoms with Crippen LogP contribution in [-0.4, -0.2) is 60.0 Å². The summed E-state index contributed by atoms with van der Waals surface area (Å²) in [5, 5.41) is 0. The second-order valence-electron chi connectivity index (χ2n) is 6.60. The molecule has 5 nitrogen and oxygen atoms in total. The van der Waals surface area contributed by atoms with Crippen LogP contribution < -0.4 is 0 Å². The molecular formula is C18H22N2O3. The van der Waals surface area contributed by atoms with Gasteiger partial charge in [0.15, 0.2) is 0 Å². The molecule has 2 amide bonds. The van der Waals surface area contributed by atoms with E-state index in [1.54, 1.807) is 12.1 Å². The molecule has 1 aromatic carbocycles. The zero-order valence-electron chi connectivity index (χ0n) is 13.2. The summed E-state index contributed by atoms with van der Waals surface area (Å²) >= 11 is 0. The molecular weight excluding hydrogens is 292 g/mol. The van der Waals surface area contributed by atoms with Gasteiger partial charge >= 0.3 is 0 Å². The number of rotatable bonds is 3. The van der Waals surface area contributed by atoms with Crippen LogP contribution in [0.15, 0.2) is 24.3 Å². The van der Waals surface area contributed by atoms with E-state index in [0.29, 0.717) is 29.8 Å². The van der Waals surface area contributed by atoms with Gasteiger partial charge in [-0.2, -0.15) is 0 Å². The number of morpholine rings is 1. The molecule has 2 fully saturated rings. The Kier molecular flexibility index (Phi) is 3.91. The maximum atomic E-state index is 12.4. The molecule has 0 bridgehead atoms. The van der Waals surface area contributed by atoms with Gasteiger partial charge in [0.1, 0.15) is 0 Å². The Morgan fingerprint density at radius 1 is 1.00 bits per heavy atom. The summed E-state index contributed by atoms with van der Waals surface area (Å²) in [6, 6.07) is 7.54. The lowest BCUT2D eigenvalue weighted by Gasteiger charge is -2.44. The lowest BCUT2D eigenvalue weighted by molar-refractivity contribution is -0.0884. The van der Waals surface area contributed by atoms with Crippen molar-refractivity contribution < 1.29 is 14.3 Å². The van der Waals surface area contributed by atoms with Crippen LogP contribution in [0.25, 0.3) is 0 Å². The van der Waals surface area contributed by atoms with Gasteiger partial charge in [-0.15, -0.1) is 0 Å². The standard InChI is InChI=1S/C18H22N2O3/c21-17-13-5-1-2-6-14(13)18(22)20(17)10-9-19-11-12-23-16-8-4-3-7-15(16)19/h1-2,5-6,15-16H,3-4,7-12H2/t15-,16-/m1/s1. The molecule has 1 aliphatic carbocycles. The van der Waals surface area contributed by atoms with Crippen LogP contribution in [0.4, 0.5) is 0 Å². The average Bonchev–Trinajstić information content (AvgIpc) is 2.84. The van der Waals surface area contributed by atoms with Gasteiger partial charge in [0, 0.05) is 25.7 Å². The van der Waals surface area contributed by atoms with E-state index in [0.717, 1.165) is 32.5 Å². The Morgan fingerprint density at radius 2 is 1.70 bits per heavy atom. The van der Waals surface area contributed by atoms with Crippen LogP contribution in [0, 0.1) is 0 Å². The van der Waals surface area contributed by atoms with E-state index in [1.807, 2.05) is 12.1 Å². The third kappa shape index (κ3) is 2.58. The third-order valence-electron chi connectivity index (χ3n) is 5.34. The van der Waals surface area contributed by atoms with Crippen LogP contribution in [0.2, 0.25) is 0 Å². The van der Waals surface area contributed by atoms with Crippen molar-refractivity contribution >= 4 is 11.8 Å². The molecule has 23 heavy (non-hydrogen) atoms. The number of amides is 2. The van der Waals surface area contributed by atoms with Gasteiger partial charge in [0.25, 0.3) is 11.8 Å². The van der Waals surface area contributed by atoms with E-state index < -0.39 is 0 Å². The lowest BCUT2D eigenvalue weighted by atomic mass is 9.90. The van der Waals surface area contributed by atoms with Crippen molar-refractivity contribution in [2.24, 2.45) is 0 Å². The highest BCUT2D eigenvalue weighted by molar-refractivity contribution is 6.21. The molecule has 0 radical (unpaired) electrons. The number of hydrogen-bond donors (Lipinski definition) is 0. The second-order valence-corrected chi connectivity index (χ2v) is 6.60. The number of benzene rings is 1. The van der Waals surface area contributed by atoms with Gasteiger partial charge in [-0.25, -0.2) is 0 Å². The smallest absolute Gasteiger partial charge is 0.261 e. The molecule has 2 atom stereocenters.